The summed E-state index contributed by atoms with van der Waals surface area (Å²) < 4.78 is 10.9. The summed E-state index contributed by atoms with van der Waals surface area (Å²) in [5, 5.41) is 29.2. The van der Waals surface area contributed by atoms with Crippen LogP contribution in [0.15, 0.2) is 12.2 Å². The average Bonchev–Trinajstić information content (AvgIpc) is 2.77. The summed E-state index contributed by atoms with van der Waals surface area (Å²) in [7, 11) is 0. The van der Waals surface area contributed by atoms with Crippen LogP contribution in [0, 0.1) is 0 Å². The molecule has 0 saturated carbocycles. The molecule has 4 atom stereocenters. The third-order valence-electron chi connectivity index (χ3n) is 6.22. The van der Waals surface area contributed by atoms with Crippen molar-refractivity contribution in [1.82, 2.24) is 0 Å². The molecule has 0 radical (unpaired) electrons. The van der Waals surface area contributed by atoms with Crippen molar-refractivity contribution in [2.24, 2.45) is 0 Å². The van der Waals surface area contributed by atoms with Gasteiger partial charge < -0.3 is 24.8 Å². The molecule has 1 fully saturated rings. The molecule has 0 aliphatic carbocycles. The van der Waals surface area contributed by atoms with Gasteiger partial charge in [-0.2, -0.15) is 0 Å². The summed E-state index contributed by atoms with van der Waals surface area (Å²) in [6.07, 6.45) is 22.2. The molecule has 0 aromatic carbocycles. The predicted molar refractivity (Wildman–Crippen MR) is 127 cm³/mol. The second kappa shape index (κ2) is 20.2. The molecule has 3 N–H and O–H groups in total. The average molecular weight is 443 g/mol. The lowest BCUT2D eigenvalue weighted by Crippen LogP contribution is -2.55. The van der Waals surface area contributed by atoms with Crippen molar-refractivity contribution >= 4 is 0 Å². The molecule has 5 nitrogen and oxygen atoms in total. The zero-order valence-electron chi connectivity index (χ0n) is 20.1. The van der Waals surface area contributed by atoms with E-state index >= 15 is 0 Å². The van der Waals surface area contributed by atoms with Gasteiger partial charge >= 0.3 is 0 Å². The summed E-state index contributed by atoms with van der Waals surface area (Å²) in [6.45, 7) is 2.64. The topological polar surface area (TPSA) is 79.2 Å². The van der Waals surface area contributed by atoms with Crippen LogP contribution in [0.2, 0.25) is 0 Å². The first-order valence-electron chi connectivity index (χ1n) is 13.1. The quantitative estimate of drug-likeness (QED) is 0.176. The summed E-state index contributed by atoms with van der Waals surface area (Å²) >= 11 is 0. The Morgan fingerprint density at radius 3 is 1.84 bits per heavy atom. The molecule has 0 bridgehead atoms. The molecule has 0 aromatic heterocycles. The maximum atomic E-state index is 10.1. The maximum absolute atomic E-state index is 10.1. The van der Waals surface area contributed by atoms with E-state index in [0.29, 0.717) is 6.61 Å². The van der Waals surface area contributed by atoms with E-state index in [4.69, 9.17) is 9.47 Å². The van der Waals surface area contributed by atoms with Gasteiger partial charge in [-0.25, -0.2) is 0 Å². The van der Waals surface area contributed by atoms with Crippen molar-refractivity contribution < 1.29 is 24.8 Å². The zero-order valence-corrected chi connectivity index (χ0v) is 20.1. The van der Waals surface area contributed by atoms with Crippen LogP contribution in [0.5, 0.6) is 0 Å². The summed E-state index contributed by atoms with van der Waals surface area (Å²) in [5.74, 6) is 0. The van der Waals surface area contributed by atoms with Crippen LogP contribution < -0.4 is 0 Å². The van der Waals surface area contributed by atoms with Crippen molar-refractivity contribution in [1.29, 1.82) is 0 Å². The van der Waals surface area contributed by atoms with Gasteiger partial charge in [-0.15, -0.1) is 0 Å². The normalized spacial score (nSPS) is 24.3. The van der Waals surface area contributed by atoms with E-state index in [0.717, 1.165) is 12.8 Å². The van der Waals surface area contributed by atoms with Gasteiger partial charge in [-0.1, -0.05) is 89.7 Å². The van der Waals surface area contributed by atoms with Crippen LogP contribution in [-0.2, 0) is 9.47 Å². The van der Waals surface area contributed by atoms with Gasteiger partial charge in [0.2, 0.25) is 0 Å². The lowest BCUT2D eigenvalue weighted by Gasteiger charge is -2.37. The monoisotopic (exact) mass is 442 g/mol. The van der Waals surface area contributed by atoms with Crippen molar-refractivity contribution in [3.63, 3.8) is 0 Å². The number of ether oxygens (including phenoxy) is 2. The number of rotatable bonds is 20. The fourth-order valence-electron chi connectivity index (χ4n) is 4.15. The molecule has 184 valence electrons. The Kier molecular flexibility index (Phi) is 18.6. The van der Waals surface area contributed by atoms with Crippen molar-refractivity contribution in [2.75, 3.05) is 19.8 Å². The van der Waals surface area contributed by atoms with Crippen LogP contribution in [0.25, 0.3) is 0 Å². The number of aliphatic hydroxyl groups excluding tert-OH is 3. The molecule has 1 heterocycles. The van der Waals surface area contributed by atoms with Gasteiger partial charge in [0.15, 0.2) is 0 Å². The first-order chi connectivity index (χ1) is 15.2. The van der Waals surface area contributed by atoms with Gasteiger partial charge in [-0.3, -0.25) is 0 Å². The molecule has 5 heteroatoms. The number of allylic oxidation sites excluding steroid dienone is 2. The highest BCUT2D eigenvalue weighted by molar-refractivity contribution is 4.87. The Balaban J connectivity index is 1.83. The molecule has 0 amide bonds. The van der Waals surface area contributed by atoms with Crippen molar-refractivity contribution in [3.05, 3.63) is 12.2 Å². The Morgan fingerprint density at radius 2 is 1.29 bits per heavy atom. The zero-order chi connectivity index (χ0) is 22.6. The number of hydrogen-bond donors (Lipinski definition) is 3. The highest BCUT2D eigenvalue weighted by atomic mass is 16.6. The molecule has 1 rings (SSSR count). The van der Waals surface area contributed by atoms with E-state index < -0.39 is 24.4 Å². The number of aliphatic hydroxyl groups is 3. The van der Waals surface area contributed by atoms with E-state index in [2.05, 4.69) is 19.1 Å². The molecule has 1 saturated heterocycles. The van der Waals surface area contributed by atoms with Crippen LogP contribution in [0.1, 0.15) is 110 Å². The van der Waals surface area contributed by atoms with Crippen LogP contribution >= 0.6 is 0 Å². The number of hydrogen-bond acceptors (Lipinski definition) is 5. The van der Waals surface area contributed by atoms with E-state index in [1.807, 2.05) is 0 Å². The fraction of sp³-hybridized carbons (Fsp3) is 0.923. The Labute approximate surface area is 191 Å². The van der Waals surface area contributed by atoms with Crippen molar-refractivity contribution in [2.45, 2.75) is 134 Å². The van der Waals surface area contributed by atoms with Crippen molar-refractivity contribution in [3.8, 4) is 0 Å². The molecule has 0 aromatic rings. The minimum absolute atomic E-state index is 0.0985. The Morgan fingerprint density at radius 1 is 0.774 bits per heavy atom. The standard InChI is InChI=1S/C26H50O5/c1-2-3-4-5-6-7-8-9-10-11-12-13-14-15-16-17-18-19-20-30-26-23(28)22-31-24(21-27)25(26)29/h10-11,23-29H,2-9,12-22H2,1H3/b11-10+/t23-,24+,25+,26+/m0/s1. The minimum atomic E-state index is -0.974. The van der Waals surface area contributed by atoms with Crippen LogP contribution in [0.3, 0.4) is 0 Å². The second-order valence-corrected chi connectivity index (χ2v) is 9.09. The molecule has 1 aliphatic rings. The smallest absolute Gasteiger partial charge is 0.114 e. The largest absolute Gasteiger partial charge is 0.394 e. The lowest BCUT2D eigenvalue weighted by atomic mass is 10.0. The first-order valence-corrected chi connectivity index (χ1v) is 13.1. The fourth-order valence-corrected chi connectivity index (χ4v) is 4.15. The summed E-state index contributed by atoms with van der Waals surface area (Å²) in [4.78, 5) is 0. The van der Waals surface area contributed by atoms with E-state index in [1.165, 1.54) is 89.9 Å². The third kappa shape index (κ3) is 14.3. The number of unbranched alkanes of at least 4 members (excludes halogenated alkanes) is 14. The third-order valence-corrected chi connectivity index (χ3v) is 6.22. The lowest BCUT2D eigenvalue weighted by molar-refractivity contribution is -0.210. The molecule has 1 aliphatic heterocycles. The first kappa shape index (κ1) is 28.6. The summed E-state index contributed by atoms with van der Waals surface area (Å²) in [5.41, 5.74) is 0. The van der Waals surface area contributed by atoms with Gasteiger partial charge in [0.1, 0.15) is 24.4 Å². The van der Waals surface area contributed by atoms with Gasteiger partial charge in [-0.05, 0) is 32.1 Å². The van der Waals surface area contributed by atoms with Crippen LogP contribution in [-0.4, -0.2) is 59.6 Å². The molecule has 0 spiro atoms. The van der Waals surface area contributed by atoms with Gasteiger partial charge in [0, 0.05) is 6.61 Å². The highest BCUT2D eigenvalue weighted by Gasteiger charge is 2.38. The molecular formula is C26H50O5. The van der Waals surface area contributed by atoms with E-state index in [9.17, 15) is 15.3 Å². The molecule has 0 unspecified atom stereocenters. The SMILES string of the molecule is CCCCCCCCC/C=C/CCCCCCCCCO[C@H]1[C@H](O)[C@@H](CO)OC[C@@H]1O. The summed E-state index contributed by atoms with van der Waals surface area (Å²) in [6, 6.07) is 0. The Hall–Kier alpha value is -0.460. The second-order valence-electron chi connectivity index (χ2n) is 9.09. The van der Waals surface area contributed by atoms with Gasteiger partial charge in [0.25, 0.3) is 0 Å². The molecule has 31 heavy (non-hydrogen) atoms. The maximum Gasteiger partial charge on any atom is 0.114 e. The molecular weight excluding hydrogens is 392 g/mol. The van der Waals surface area contributed by atoms with E-state index in [1.54, 1.807) is 0 Å². The minimum Gasteiger partial charge on any atom is -0.394 e. The van der Waals surface area contributed by atoms with E-state index in [-0.39, 0.29) is 13.2 Å². The van der Waals surface area contributed by atoms with Crippen LogP contribution in [0.4, 0.5) is 0 Å². The predicted octanol–water partition coefficient (Wildman–Crippen LogP) is 5.30. The highest BCUT2D eigenvalue weighted by Crippen LogP contribution is 2.19. The Bertz CT molecular complexity index is 415. The van der Waals surface area contributed by atoms with Gasteiger partial charge in [0.05, 0.1) is 13.2 Å².